The van der Waals surface area contributed by atoms with Gasteiger partial charge < -0.3 is 14.8 Å². The number of benzene rings is 1. The molecule has 5 nitrogen and oxygen atoms in total. The Labute approximate surface area is 214 Å². The van der Waals surface area contributed by atoms with Crippen LogP contribution in [-0.4, -0.2) is 31.1 Å². The molecule has 0 aliphatic carbocycles. The van der Waals surface area contributed by atoms with Crippen molar-refractivity contribution in [3.8, 4) is 11.5 Å². The van der Waals surface area contributed by atoms with Crippen LogP contribution in [0.2, 0.25) is 0 Å². The first-order valence-corrected chi connectivity index (χ1v) is 14.1. The van der Waals surface area contributed by atoms with Gasteiger partial charge in [-0.2, -0.15) is 5.10 Å². The zero-order valence-electron chi connectivity index (χ0n) is 22.0. The van der Waals surface area contributed by atoms with Gasteiger partial charge in [0, 0.05) is 6.54 Å². The molecule has 0 fully saturated rings. The van der Waals surface area contributed by atoms with Crippen LogP contribution >= 0.6 is 12.2 Å². The molecule has 34 heavy (non-hydrogen) atoms. The van der Waals surface area contributed by atoms with E-state index in [-0.39, 0.29) is 0 Å². The lowest BCUT2D eigenvalue weighted by Gasteiger charge is -2.11. The topological polar surface area (TPSA) is 54.9 Å². The minimum atomic E-state index is 0.557. The summed E-state index contributed by atoms with van der Waals surface area (Å²) < 4.78 is 11.2. The van der Waals surface area contributed by atoms with Gasteiger partial charge in [-0.1, -0.05) is 90.4 Å². The van der Waals surface area contributed by atoms with E-state index >= 15 is 0 Å². The van der Waals surface area contributed by atoms with Crippen molar-refractivity contribution < 1.29 is 9.47 Å². The van der Waals surface area contributed by atoms with Gasteiger partial charge in [-0.15, -0.1) is 0 Å². The maximum atomic E-state index is 5.65. The van der Waals surface area contributed by atoms with Crippen molar-refractivity contribution in [3.05, 3.63) is 23.8 Å². The second-order valence-electron chi connectivity index (χ2n) is 8.79. The molecule has 1 rings (SSSR count). The first-order chi connectivity index (χ1) is 16.7. The molecular weight excluding hydrogens is 442 g/mol. The second kappa shape index (κ2) is 21.7. The molecule has 0 aliphatic rings. The number of thiocarbonyl (C=S) groups is 1. The summed E-state index contributed by atoms with van der Waals surface area (Å²) in [5.74, 6) is 1.48. The molecule has 194 valence electrons. The van der Waals surface area contributed by atoms with Gasteiger partial charge in [0.2, 0.25) is 0 Å². The molecule has 6 heteroatoms. The van der Waals surface area contributed by atoms with Crippen LogP contribution in [0.5, 0.6) is 11.5 Å². The Balaban J connectivity index is 2.02. The molecule has 1 aromatic rings. The van der Waals surface area contributed by atoms with Gasteiger partial charge in [0.15, 0.2) is 16.6 Å². The number of nitrogens with zero attached hydrogens (tertiary/aromatic N) is 1. The Kier molecular flexibility index (Phi) is 19.3. The van der Waals surface area contributed by atoms with E-state index < -0.39 is 0 Å². The van der Waals surface area contributed by atoms with Crippen molar-refractivity contribution in [2.24, 2.45) is 5.10 Å². The summed E-state index contributed by atoms with van der Waals surface area (Å²) in [5, 5.41) is 8.02. The number of hydrogen-bond donors (Lipinski definition) is 2. The van der Waals surface area contributed by atoms with Crippen LogP contribution in [0.1, 0.15) is 116 Å². The average Bonchev–Trinajstić information content (AvgIpc) is 2.83. The third-order valence-electron chi connectivity index (χ3n) is 5.76. The van der Waals surface area contributed by atoms with Crippen LogP contribution in [0.3, 0.4) is 0 Å². The van der Waals surface area contributed by atoms with Gasteiger partial charge in [-0.3, -0.25) is 5.43 Å². The molecule has 0 bridgehead atoms. The third-order valence-corrected chi connectivity index (χ3v) is 6.00. The minimum Gasteiger partial charge on any atom is -0.490 e. The fourth-order valence-electron chi connectivity index (χ4n) is 3.87. The third kappa shape index (κ3) is 15.9. The van der Waals surface area contributed by atoms with Crippen LogP contribution in [0.25, 0.3) is 0 Å². The highest BCUT2D eigenvalue weighted by Gasteiger charge is 2.05. The number of ether oxygens (including phenoxy) is 2. The molecule has 0 atom stereocenters. The largest absolute Gasteiger partial charge is 0.490 e. The molecule has 0 spiro atoms. The van der Waals surface area contributed by atoms with E-state index in [9.17, 15) is 0 Å². The van der Waals surface area contributed by atoms with Crippen molar-refractivity contribution >= 4 is 23.5 Å². The van der Waals surface area contributed by atoms with Gasteiger partial charge in [0.25, 0.3) is 0 Å². The number of hydrazone groups is 1. The van der Waals surface area contributed by atoms with E-state index in [2.05, 4.69) is 22.8 Å². The highest BCUT2D eigenvalue weighted by Crippen LogP contribution is 2.28. The van der Waals surface area contributed by atoms with E-state index in [1.807, 2.05) is 32.0 Å². The van der Waals surface area contributed by atoms with Gasteiger partial charge in [0.1, 0.15) is 0 Å². The second-order valence-corrected chi connectivity index (χ2v) is 9.20. The number of unbranched alkanes of at least 4 members (excludes halogenated alkanes) is 13. The van der Waals surface area contributed by atoms with Crippen molar-refractivity contribution in [1.29, 1.82) is 0 Å². The quantitative estimate of drug-likeness (QED) is 0.0796. The maximum absolute atomic E-state index is 5.65. The standard InChI is InChI=1S/C28H49N3O2S/c1-4-7-8-9-10-11-12-13-14-15-16-17-18-19-22-29-28(34)31-30-24-25-20-21-26(32-5-2)27(23-25)33-6-3/h20-21,23-24H,4-19,22H2,1-3H3,(H2,29,31,34)/b30-24-. The normalized spacial score (nSPS) is 11.0. The zero-order valence-corrected chi connectivity index (χ0v) is 22.8. The molecule has 0 heterocycles. The monoisotopic (exact) mass is 491 g/mol. The smallest absolute Gasteiger partial charge is 0.186 e. The van der Waals surface area contributed by atoms with Crippen LogP contribution in [0, 0.1) is 0 Å². The molecule has 0 amide bonds. The molecule has 0 radical (unpaired) electrons. The fraction of sp³-hybridized carbons (Fsp3) is 0.714. The molecule has 1 aromatic carbocycles. The summed E-state index contributed by atoms with van der Waals surface area (Å²) in [6.45, 7) is 8.28. The molecule has 2 N–H and O–H groups in total. The predicted octanol–water partition coefficient (Wildman–Crippen LogP) is 7.76. The van der Waals surface area contributed by atoms with E-state index in [1.54, 1.807) is 6.21 Å². The number of hydrogen-bond acceptors (Lipinski definition) is 4. The number of rotatable bonds is 21. The van der Waals surface area contributed by atoms with Gasteiger partial charge >= 0.3 is 0 Å². The first-order valence-electron chi connectivity index (χ1n) is 13.7. The Bertz CT molecular complexity index is 667. The summed E-state index contributed by atoms with van der Waals surface area (Å²) in [6, 6.07) is 5.77. The van der Waals surface area contributed by atoms with Crippen molar-refractivity contribution in [3.63, 3.8) is 0 Å². The van der Waals surface area contributed by atoms with Gasteiger partial charge in [0.05, 0.1) is 19.4 Å². The van der Waals surface area contributed by atoms with E-state index in [0.29, 0.717) is 18.3 Å². The summed E-state index contributed by atoms with van der Waals surface area (Å²) in [6.07, 6.45) is 20.9. The van der Waals surface area contributed by atoms with Crippen LogP contribution in [-0.2, 0) is 0 Å². The highest BCUT2D eigenvalue weighted by molar-refractivity contribution is 7.80. The maximum Gasteiger partial charge on any atom is 0.186 e. The van der Waals surface area contributed by atoms with Gasteiger partial charge in [-0.05, 0) is 56.2 Å². The Morgan fingerprint density at radius 2 is 1.29 bits per heavy atom. The molecule has 0 aromatic heterocycles. The number of nitrogens with one attached hydrogen (secondary N) is 2. The van der Waals surface area contributed by atoms with E-state index in [4.69, 9.17) is 21.7 Å². The van der Waals surface area contributed by atoms with E-state index in [0.717, 1.165) is 30.0 Å². The van der Waals surface area contributed by atoms with E-state index in [1.165, 1.54) is 83.5 Å². The highest BCUT2D eigenvalue weighted by atomic mass is 32.1. The molecule has 0 unspecified atom stereocenters. The molecule has 0 aliphatic heterocycles. The first kappa shape index (κ1) is 30.2. The summed E-state index contributed by atoms with van der Waals surface area (Å²) in [5.41, 5.74) is 3.81. The SMILES string of the molecule is CCCCCCCCCCCCCCCCNC(=S)N/N=C\c1ccc(OCC)c(OCC)c1. The lowest BCUT2D eigenvalue weighted by Crippen LogP contribution is -2.32. The van der Waals surface area contributed by atoms with Gasteiger partial charge in [-0.25, -0.2) is 0 Å². The Morgan fingerprint density at radius 1 is 0.765 bits per heavy atom. The van der Waals surface area contributed by atoms with Crippen LogP contribution < -0.4 is 20.2 Å². The van der Waals surface area contributed by atoms with Crippen LogP contribution in [0.4, 0.5) is 0 Å². The van der Waals surface area contributed by atoms with Crippen molar-refractivity contribution in [2.75, 3.05) is 19.8 Å². The lowest BCUT2D eigenvalue weighted by atomic mass is 10.0. The molecule has 0 saturated carbocycles. The Hall–Kier alpha value is -1.82. The predicted molar refractivity (Wildman–Crippen MR) is 150 cm³/mol. The van der Waals surface area contributed by atoms with Crippen LogP contribution in [0.15, 0.2) is 23.3 Å². The molecule has 0 saturated heterocycles. The lowest BCUT2D eigenvalue weighted by molar-refractivity contribution is 0.288. The minimum absolute atomic E-state index is 0.557. The summed E-state index contributed by atoms with van der Waals surface area (Å²) >= 11 is 5.31. The summed E-state index contributed by atoms with van der Waals surface area (Å²) in [7, 11) is 0. The Morgan fingerprint density at radius 3 is 1.85 bits per heavy atom. The summed E-state index contributed by atoms with van der Waals surface area (Å²) in [4.78, 5) is 0. The average molecular weight is 492 g/mol. The van der Waals surface area contributed by atoms with Crippen molar-refractivity contribution in [1.82, 2.24) is 10.7 Å². The molecular formula is C28H49N3O2S. The fourth-order valence-corrected chi connectivity index (χ4v) is 4.03. The van der Waals surface area contributed by atoms with Crippen molar-refractivity contribution in [2.45, 2.75) is 111 Å². The zero-order chi connectivity index (χ0) is 24.7.